The van der Waals surface area contributed by atoms with Gasteiger partial charge >= 0.3 is 6.03 Å². The molecule has 29 heavy (non-hydrogen) atoms. The van der Waals surface area contributed by atoms with Crippen molar-refractivity contribution < 1.29 is 19.0 Å². The Morgan fingerprint density at radius 3 is 2.10 bits per heavy atom. The summed E-state index contributed by atoms with van der Waals surface area (Å²) in [5.41, 5.74) is 1.15. The minimum absolute atomic E-state index is 0.0466. The van der Waals surface area contributed by atoms with Crippen molar-refractivity contribution in [2.75, 3.05) is 57.9 Å². The molecule has 0 unspecified atom stereocenters. The van der Waals surface area contributed by atoms with E-state index in [4.69, 9.17) is 14.2 Å². The van der Waals surface area contributed by atoms with Gasteiger partial charge in [0, 0.05) is 31.9 Å². The van der Waals surface area contributed by atoms with Gasteiger partial charge in [0.25, 0.3) is 0 Å². The first-order valence-corrected chi connectivity index (χ1v) is 9.97. The molecule has 2 aromatic carbocycles. The van der Waals surface area contributed by atoms with E-state index in [9.17, 15) is 4.79 Å². The van der Waals surface area contributed by atoms with Crippen LogP contribution in [0.1, 0.15) is 6.92 Å². The van der Waals surface area contributed by atoms with Gasteiger partial charge in [-0.2, -0.15) is 0 Å². The molecule has 0 bridgehead atoms. The summed E-state index contributed by atoms with van der Waals surface area (Å²) in [4.78, 5) is 16.5. The average Bonchev–Trinajstić information content (AvgIpc) is 2.78. The molecule has 2 amide bonds. The number of ether oxygens (including phenoxy) is 3. The monoisotopic (exact) mass is 399 g/mol. The lowest BCUT2D eigenvalue weighted by molar-refractivity contribution is 0.191. The number of methoxy groups -OCH3 is 1. The number of benzene rings is 2. The third-order valence-corrected chi connectivity index (χ3v) is 4.79. The van der Waals surface area contributed by atoms with E-state index >= 15 is 0 Å². The summed E-state index contributed by atoms with van der Waals surface area (Å²) >= 11 is 0. The van der Waals surface area contributed by atoms with Crippen LogP contribution < -0.4 is 24.4 Å². The fraction of sp³-hybridized carbons (Fsp3) is 0.409. The molecule has 1 heterocycles. The maximum Gasteiger partial charge on any atom is 0.317 e. The predicted molar refractivity (Wildman–Crippen MR) is 113 cm³/mol. The van der Waals surface area contributed by atoms with Crippen LogP contribution in [0.25, 0.3) is 0 Å². The molecule has 2 aromatic rings. The van der Waals surface area contributed by atoms with E-state index < -0.39 is 0 Å². The van der Waals surface area contributed by atoms with E-state index in [-0.39, 0.29) is 6.03 Å². The second kappa shape index (κ2) is 10.5. The average molecular weight is 399 g/mol. The first-order chi connectivity index (χ1) is 14.2. The van der Waals surface area contributed by atoms with Crippen molar-refractivity contribution in [2.24, 2.45) is 0 Å². The number of amides is 2. The number of anilines is 1. The number of carbonyl (C=O) groups is 1. The maximum absolute atomic E-state index is 12.4. The number of nitrogens with zero attached hydrogens (tertiary/aromatic N) is 2. The first kappa shape index (κ1) is 20.6. The normalized spacial score (nSPS) is 13.7. The van der Waals surface area contributed by atoms with Crippen LogP contribution in [0.15, 0.2) is 48.5 Å². The summed E-state index contributed by atoms with van der Waals surface area (Å²) in [7, 11) is 1.63. The summed E-state index contributed by atoms with van der Waals surface area (Å²) in [6.45, 7) is 6.53. The van der Waals surface area contributed by atoms with Crippen LogP contribution in [0.3, 0.4) is 0 Å². The van der Waals surface area contributed by atoms with Crippen LogP contribution in [0, 0.1) is 0 Å². The van der Waals surface area contributed by atoms with Crippen molar-refractivity contribution in [3.63, 3.8) is 0 Å². The number of urea groups is 1. The van der Waals surface area contributed by atoms with Crippen molar-refractivity contribution in [1.82, 2.24) is 10.2 Å². The van der Waals surface area contributed by atoms with Crippen molar-refractivity contribution in [2.45, 2.75) is 6.92 Å². The van der Waals surface area contributed by atoms with Gasteiger partial charge in [-0.3, -0.25) is 0 Å². The summed E-state index contributed by atoms with van der Waals surface area (Å²) in [5.74, 6) is 2.42. The highest BCUT2D eigenvalue weighted by molar-refractivity contribution is 5.74. The van der Waals surface area contributed by atoms with Gasteiger partial charge in [-0.1, -0.05) is 0 Å². The SMILES string of the molecule is CCOc1ccc(N2CCN(C(=O)NCCOc3ccc(OC)cc3)CC2)cc1. The highest BCUT2D eigenvalue weighted by atomic mass is 16.5. The van der Waals surface area contributed by atoms with E-state index in [1.165, 1.54) is 0 Å². The van der Waals surface area contributed by atoms with Gasteiger partial charge in [-0.15, -0.1) is 0 Å². The van der Waals surface area contributed by atoms with Crippen LogP contribution in [-0.2, 0) is 0 Å². The Kier molecular flexibility index (Phi) is 7.44. The third kappa shape index (κ3) is 5.94. The molecule has 1 fully saturated rings. The summed E-state index contributed by atoms with van der Waals surface area (Å²) < 4.78 is 16.2. The smallest absolute Gasteiger partial charge is 0.317 e. The minimum Gasteiger partial charge on any atom is -0.497 e. The zero-order valence-electron chi connectivity index (χ0n) is 17.1. The van der Waals surface area contributed by atoms with Gasteiger partial charge in [-0.25, -0.2) is 4.79 Å². The molecule has 1 N–H and O–H groups in total. The molecular weight excluding hydrogens is 370 g/mol. The molecule has 0 aromatic heterocycles. The molecule has 156 valence electrons. The van der Waals surface area contributed by atoms with Crippen LogP contribution in [0.2, 0.25) is 0 Å². The van der Waals surface area contributed by atoms with Crippen LogP contribution in [0.4, 0.5) is 10.5 Å². The van der Waals surface area contributed by atoms with Crippen molar-refractivity contribution in [3.8, 4) is 17.2 Å². The maximum atomic E-state index is 12.4. The highest BCUT2D eigenvalue weighted by Gasteiger charge is 2.21. The number of carbonyl (C=O) groups excluding carboxylic acids is 1. The third-order valence-electron chi connectivity index (χ3n) is 4.79. The van der Waals surface area contributed by atoms with E-state index in [1.807, 2.05) is 48.2 Å². The van der Waals surface area contributed by atoms with Gasteiger partial charge in [0.15, 0.2) is 0 Å². The minimum atomic E-state index is -0.0466. The van der Waals surface area contributed by atoms with Gasteiger partial charge in [0.1, 0.15) is 23.9 Å². The lowest BCUT2D eigenvalue weighted by atomic mass is 10.2. The van der Waals surface area contributed by atoms with E-state index in [1.54, 1.807) is 7.11 Å². The lowest BCUT2D eigenvalue weighted by Crippen LogP contribution is -2.52. The van der Waals surface area contributed by atoms with Crippen molar-refractivity contribution in [3.05, 3.63) is 48.5 Å². The van der Waals surface area contributed by atoms with Crippen LogP contribution >= 0.6 is 0 Å². The molecule has 1 aliphatic rings. The highest BCUT2D eigenvalue weighted by Crippen LogP contribution is 2.21. The largest absolute Gasteiger partial charge is 0.497 e. The van der Waals surface area contributed by atoms with Crippen molar-refractivity contribution >= 4 is 11.7 Å². The van der Waals surface area contributed by atoms with Gasteiger partial charge in [0.05, 0.1) is 20.3 Å². The fourth-order valence-electron chi connectivity index (χ4n) is 3.20. The lowest BCUT2D eigenvalue weighted by Gasteiger charge is -2.36. The van der Waals surface area contributed by atoms with Gasteiger partial charge in [0.2, 0.25) is 0 Å². The summed E-state index contributed by atoms with van der Waals surface area (Å²) in [5, 5.41) is 2.92. The van der Waals surface area contributed by atoms with Crippen LogP contribution in [-0.4, -0.2) is 64.0 Å². The molecule has 7 heteroatoms. The van der Waals surface area contributed by atoms with Gasteiger partial charge in [-0.05, 0) is 55.5 Å². The number of hydrogen-bond acceptors (Lipinski definition) is 5. The molecule has 0 radical (unpaired) electrons. The van der Waals surface area contributed by atoms with Crippen LogP contribution in [0.5, 0.6) is 17.2 Å². The first-order valence-electron chi connectivity index (χ1n) is 9.97. The Morgan fingerprint density at radius 1 is 0.897 bits per heavy atom. The molecule has 1 saturated heterocycles. The molecule has 0 aliphatic carbocycles. The second-order valence-electron chi connectivity index (χ2n) is 6.66. The Bertz CT molecular complexity index is 757. The quantitative estimate of drug-likeness (QED) is 0.692. The fourth-order valence-corrected chi connectivity index (χ4v) is 3.20. The number of hydrogen-bond donors (Lipinski definition) is 1. The molecule has 0 spiro atoms. The zero-order valence-corrected chi connectivity index (χ0v) is 17.1. The Hall–Kier alpha value is -3.09. The topological polar surface area (TPSA) is 63.3 Å². The molecule has 3 rings (SSSR count). The Balaban J connectivity index is 1.36. The number of nitrogens with one attached hydrogen (secondary N) is 1. The second-order valence-corrected chi connectivity index (χ2v) is 6.66. The molecular formula is C22H29N3O4. The zero-order chi connectivity index (χ0) is 20.5. The van der Waals surface area contributed by atoms with E-state index in [0.717, 1.165) is 36.0 Å². The Labute approximate surface area is 172 Å². The molecule has 0 atom stereocenters. The molecule has 0 saturated carbocycles. The van der Waals surface area contributed by atoms with E-state index in [0.29, 0.717) is 32.8 Å². The Morgan fingerprint density at radius 2 is 1.48 bits per heavy atom. The summed E-state index contributed by atoms with van der Waals surface area (Å²) in [6, 6.07) is 15.4. The summed E-state index contributed by atoms with van der Waals surface area (Å²) in [6.07, 6.45) is 0. The van der Waals surface area contributed by atoms with Gasteiger partial charge < -0.3 is 29.3 Å². The van der Waals surface area contributed by atoms with E-state index in [2.05, 4.69) is 22.3 Å². The predicted octanol–water partition coefficient (Wildman–Crippen LogP) is 3.00. The number of rotatable bonds is 8. The molecule has 1 aliphatic heterocycles. The van der Waals surface area contributed by atoms with Crippen molar-refractivity contribution in [1.29, 1.82) is 0 Å². The number of piperazine rings is 1. The molecule has 7 nitrogen and oxygen atoms in total. The standard InChI is InChI=1S/C22H29N3O4/c1-3-28-20-6-4-18(5-7-20)24-13-15-25(16-14-24)22(26)23-12-17-29-21-10-8-19(27-2)9-11-21/h4-11H,3,12-17H2,1-2H3,(H,23,26).